The van der Waals surface area contributed by atoms with Crippen LogP contribution in [-0.2, 0) is 0 Å². The molecule has 2 N–H and O–H groups in total. The van der Waals surface area contributed by atoms with Gasteiger partial charge in [0.2, 0.25) is 0 Å². The van der Waals surface area contributed by atoms with Crippen molar-refractivity contribution in [3.63, 3.8) is 0 Å². The van der Waals surface area contributed by atoms with Crippen LogP contribution < -0.4 is 5.73 Å². The zero-order valence-electron chi connectivity index (χ0n) is 11.4. The first-order chi connectivity index (χ1) is 8.67. The number of rotatable bonds is 5. The Hall–Kier alpha value is -1.32. The molecule has 0 aliphatic carbocycles. The molecule has 1 aromatic carbocycles. The van der Waals surface area contributed by atoms with Crippen molar-refractivity contribution in [2.45, 2.75) is 32.9 Å². The Labute approximate surface area is 109 Å². The highest BCUT2D eigenvalue weighted by Crippen LogP contribution is 2.28. The van der Waals surface area contributed by atoms with Crippen molar-refractivity contribution in [2.24, 2.45) is 5.73 Å². The van der Waals surface area contributed by atoms with Crippen LogP contribution in [0.2, 0.25) is 0 Å². The third-order valence-electron chi connectivity index (χ3n) is 3.43. The van der Waals surface area contributed by atoms with E-state index in [-0.39, 0.29) is 6.04 Å². The molecule has 0 aliphatic rings. The summed E-state index contributed by atoms with van der Waals surface area (Å²) in [5.74, 6) is 0.967. The number of nitrogens with two attached hydrogens (primary N) is 1. The fraction of sp³-hybridized carbons (Fsp3) is 0.467. The lowest BCUT2D eigenvalue weighted by molar-refractivity contribution is 0.149. The first-order valence-electron chi connectivity index (χ1n) is 6.61. The lowest BCUT2D eigenvalue weighted by atomic mass is 10.1. The van der Waals surface area contributed by atoms with E-state index in [0.29, 0.717) is 12.6 Å². The number of fused-ring (bicyclic) bond motifs is 1. The van der Waals surface area contributed by atoms with Crippen molar-refractivity contribution in [2.75, 3.05) is 13.1 Å². The molecule has 18 heavy (non-hydrogen) atoms. The van der Waals surface area contributed by atoms with Gasteiger partial charge in [0.05, 0.1) is 6.04 Å². The van der Waals surface area contributed by atoms with Crippen molar-refractivity contribution < 1.29 is 4.42 Å². The first kappa shape index (κ1) is 13.1. The fourth-order valence-corrected chi connectivity index (χ4v) is 2.53. The van der Waals surface area contributed by atoms with Gasteiger partial charge < -0.3 is 10.2 Å². The second kappa shape index (κ2) is 5.55. The average molecular weight is 246 g/mol. The predicted octanol–water partition coefficient (Wildman–Crippen LogP) is 3.16. The highest BCUT2D eigenvalue weighted by Gasteiger charge is 2.23. The zero-order valence-corrected chi connectivity index (χ0v) is 11.4. The molecule has 0 saturated heterocycles. The number of benzene rings is 1. The maximum Gasteiger partial charge on any atom is 0.134 e. The van der Waals surface area contributed by atoms with E-state index >= 15 is 0 Å². The van der Waals surface area contributed by atoms with Crippen LogP contribution in [0.5, 0.6) is 0 Å². The molecule has 2 rings (SSSR count). The number of furan rings is 1. The molecule has 1 heterocycles. The van der Waals surface area contributed by atoms with E-state index in [1.807, 2.05) is 18.2 Å². The van der Waals surface area contributed by atoms with Gasteiger partial charge in [-0.2, -0.15) is 0 Å². The SMILES string of the molecule is CCN(C(C)C)C(CN)c1cc2ccccc2o1. The summed E-state index contributed by atoms with van der Waals surface area (Å²) in [6, 6.07) is 10.8. The standard InChI is InChI=1S/C15H22N2O/c1-4-17(11(2)3)13(10-16)15-9-12-7-5-6-8-14(12)18-15/h5-9,11,13H,4,10,16H2,1-3H3. The highest BCUT2D eigenvalue weighted by molar-refractivity contribution is 5.77. The fourth-order valence-electron chi connectivity index (χ4n) is 2.53. The number of para-hydroxylation sites is 1. The van der Waals surface area contributed by atoms with Gasteiger partial charge in [-0.1, -0.05) is 25.1 Å². The van der Waals surface area contributed by atoms with Gasteiger partial charge in [0, 0.05) is 18.0 Å². The maximum absolute atomic E-state index is 5.94. The van der Waals surface area contributed by atoms with Crippen LogP contribution >= 0.6 is 0 Å². The molecule has 0 amide bonds. The lowest BCUT2D eigenvalue weighted by Gasteiger charge is -2.31. The molecule has 0 aliphatic heterocycles. The topological polar surface area (TPSA) is 42.4 Å². The minimum Gasteiger partial charge on any atom is -0.459 e. The second-order valence-electron chi connectivity index (χ2n) is 4.86. The summed E-state index contributed by atoms with van der Waals surface area (Å²) in [6.07, 6.45) is 0. The predicted molar refractivity (Wildman–Crippen MR) is 75.5 cm³/mol. The Bertz CT molecular complexity index is 471. The van der Waals surface area contributed by atoms with Crippen molar-refractivity contribution in [1.29, 1.82) is 0 Å². The van der Waals surface area contributed by atoms with Gasteiger partial charge in [0.25, 0.3) is 0 Å². The van der Waals surface area contributed by atoms with Gasteiger partial charge in [-0.25, -0.2) is 0 Å². The third-order valence-corrected chi connectivity index (χ3v) is 3.43. The molecular weight excluding hydrogens is 224 g/mol. The number of hydrogen-bond acceptors (Lipinski definition) is 3. The highest BCUT2D eigenvalue weighted by atomic mass is 16.3. The molecule has 2 aromatic rings. The number of likely N-dealkylation sites (N-methyl/N-ethyl adjacent to an activating group) is 1. The Morgan fingerprint density at radius 3 is 2.56 bits per heavy atom. The lowest BCUT2D eigenvalue weighted by Crippen LogP contribution is -2.38. The van der Waals surface area contributed by atoms with Gasteiger partial charge in [-0.15, -0.1) is 0 Å². The Kier molecular flexibility index (Phi) is 4.04. The van der Waals surface area contributed by atoms with Gasteiger partial charge in [-0.05, 0) is 32.5 Å². The zero-order chi connectivity index (χ0) is 13.1. The second-order valence-corrected chi connectivity index (χ2v) is 4.86. The van der Waals surface area contributed by atoms with E-state index in [4.69, 9.17) is 10.2 Å². The van der Waals surface area contributed by atoms with E-state index in [0.717, 1.165) is 23.3 Å². The molecule has 3 heteroatoms. The molecule has 1 aromatic heterocycles. The minimum absolute atomic E-state index is 0.155. The molecule has 0 saturated carbocycles. The number of hydrogen-bond donors (Lipinski definition) is 1. The van der Waals surface area contributed by atoms with Crippen LogP contribution in [0, 0.1) is 0 Å². The van der Waals surface area contributed by atoms with E-state index < -0.39 is 0 Å². The molecule has 0 spiro atoms. The Morgan fingerprint density at radius 2 is 2.00 bits per heavy atom. The minimum atomic E-state index is 0.155. The van der Waals surface area contributed by atoms with Crippen molar-refractivity contribution in [3.05, 3.63) is 36.1 Å². The smallest absolute Gasteiger partial charge is 0.134 e. The summed E-state index contributed by atoms with van der Waals surface area (Å²) in [5.41, 5.74) is 6.88. The first-order valence-corrected chi connectivity index (χ1v) is 6.61. The monoisotopic (exact) mass is 246 g/mol. The number of nitrogens with zero attached hydrogens (tertiary/aromatic N) is 1. The van der Waals surface area contributed by atoms with Crippen molar-refractivity contribution >= 4 is 11.0 Å². The van der Waals surface area contributed by atoms with Crippen LogP contribution in [0.4, 0.5) is 0 Å². The van der Waals surface area contributed by atoms with Gasteiger partial charge >= 0.3 is 0 Å². The molecule has 0 fully saturated rings. The van der Waals surface area contributed by atoms with Crippen molar-refractivity contribution in [1.82, 2.24) is 4.90 Å². The molecule has 1 unspecified atom stereocenters. The summed E-state index contributed by atoms with van der Waals surface area (Å²) in [5, 5.41) is 1.14. The maximum atomic E-state index is 5.94. The van der Waals surface area contributed by atoms with E-state index in [2.05, 4.69) is 37.8 Å². The normalized spacial score (nSPS) is 13.7. The van der Waals surface area contributed by atoms with Gasteiger partial charge in [0.15, 0.2) is 0 Å². The quantitative estimate of drug-likeness (QED) is 0.881. The summed E-state index contributed by atoms with van der Waals surface area (Å²) >= 11 is 0. The van der Waals surface area contributed by atoms with Gasteiger partial charge in [0.1, 0.15) is 11.3 Å². The summed E-state index contributed by atoms with van der Waals surface area (Å²) in [4.78, 5) is 2.36. The summed E-state index contributed by atoms with van der Waals surface area (Å²) < 4.78 is 5.93. The Balaban J connectivity index is 2.37. The van der Waals surface area contributed by atoms with Crippen LogP contribution in [-0.4, -0.2) is 24.0 Å². The van der Waals surface area contributed by atoms with Crippen molar-refractivity contribution in [3.8, 4) is 0 Å². The summed E-state index contributed by atoms with van der Waals surface area (Å²) in [7, 11) is 0. The third kappa shape index (κ3) is 2.42. The average Bonchev–Trinajstić information content (AvgIpc) is 2.78. The van der Waals surface area contributed by atoms with Crippen LogP contribution in [0.25, 0.3) is 11.0 Å². The molecule has 3 nitrogen and oxygen atoms in total. The van der Waals surface area contributed by atoms with Crippen LogP contribution in [0.1, 0.15) is 32.6 Å². The molecule has 0 bridgehead atoms. The molecule has 1 atom stereocenters. The molecule has 0 radical (unpaired) electrons. The van der Waals surface area contributed by atoms with Gasteiger partial charge in [-0.3, -0.25) is 4.90 Å². The van der Waals surface area contributed by atoms with E-state index in [1.54, 1.807) is 0 Å². The largest absolute Gasteiger partial charge is 0.459 e. The Morgan fingerprint density at radius 1 is 1.28 bits per heavy atom. The van der Waals surface area contributed by atoms with E-state index in [9.17, 15) is 0 Å². The summed E-state index contributed by atoms with van der Waals surface area (Å²) in [6.45, 7) is 8.08. The molecular formula is C15H22N2O. The van der Waals surface area contributed by atoms with E-state index in [1.165, 1.54) is 0 Å². The van der Waals surface area contributed by atoms with Crippen LogP contribution in [0.3, 0.4) is 0 Å². The van der Waals surface area contributed by atoms with Crippen LogP contribution in [0.15, 0.2) is 34.7 Å². The molecule has 98 valence electrons.